The maximum absolute atomic E-state index is 12.6. The van der Waals surface area contributed by atoms with Gasteiger partial charge in [0, 0.05) is 11.1 Å². The van der Waals surface area contributed by atoms with Crippen LogP contribution in [0.1, 0.15) is 40.1 Å². The Morgan fingerprint density at radius 1 is 0.955 bits per heavy atom. The van der Waals surface area contributed by atoms with Crippen LogP contribution in [0.2, 0.25) is 0 Å². The van der Waals surface area contributed by atoms with Gasteiger partial charge in [-0.1, -0.05) is 50.2 Å². The Balaban J connectivity index is 2.42. The second-order valence-electron chi connectivity index (χ2n) is 5.11. The van der Waals surface area contributed by atoms with Crippen molar-refractivity contribution < 1.29 is 19.1 Å². The minimum Gasteiger partial charge on any atom is -0.426 e. The first-order valence-electron chi connectivity index (χ1n) is 6.94. The molecule has 112 valence electrons. The van der Waals surface area contributed by atoms with Gasteiger partial charge < -0.3 is 4.74 Å². The molecule has 0 spiro atoms. The molecule has 4 heteroatoms. The second kappa shape index (κ2) is 6.80. The lowest BCUT2D eigenvalue weighted by Gasteiger charge is -2.11. The number of aldehydes is 1. The van der Waals surface area contributed by atoms with E-state index in [1.54, 1.807) is 62.4 Å². The molecule has 0 unspecified atom stereocenters. The Morgan fingerprint density at radius 3 is 2.18 bits per heavy atom. The smallest absolute Gasteiger partial charge is 0.313 e. The van der Waals surface area contributed by atoms with Crippen LogP contribution in [0.25, 0.3) is 0 Å². The molecule has 0 aliphatic rings. The molecular weight excluding hydrogens is 280 g/mol. The summed E-state index contributed by atoms with van der Waals surface area (Å²) < 4.78 is 5.27. The number of hydrogen-bond donors (Lipinski definition) is 0. The zero-order valence-corrected chi connectivity index (χ0v) is 12.4. The van der Waals surface area contributed by atoms with Gasteiger partial charge in [-0.15, -0.1) is 0 Å². The molecule has 4 nitrogen and oxygen atoms in total. The molecule has 0 atom stereocenters. The third kappa shape index (κ3) is 3.28. The first kappa shape index (κ1) is 15.6. The monoisotopic (exact) mass is 296 g/mol. The zero-order valence-electron chi connectivity index (χ0n) is 12.4. The van der Waals surface area contributed by atoms with Gasteiger partial charge in [0.05, 0.1) is 11.5 Å². The summed E-state index contributed by atoms with van der Waals surface area (Å²) in [6.07, 6.45) is 0.635. The van der Waals surface area contributed by atoms with Crippen LogP contribution < -0.4 is 4.74 Å². The molecule has 0 fully saturated rings. The highest BCUT2D eigenvalue weighted by Crippen LogP contribution is 2.23. The van der Waals surface area contributed by atoms with Crippen LogP contribution >= 0.6 is 0 Å². The van der Waals surface area contributed by atoms with Crippen molar-refractivity contribution in [3.8, 4) is 5.75 Å². The Hall–Kier alpha value is -2.75. The van der Waals surface area contributed by atoms with Crippen LogP contribution in [0.5, 0.6) is 5.75 Å². The Kier molecular flexibility index (Phi) is 4.84. The molecule has 22 heavy (non-hydrogen) atoms. The highest BCUT2D eigenvalue weighted by molar-refractivity contribution is 6.14. The number of rotatable bonds is 5. The van der Waals surface area contributed by atoms with Crippen LogP contribution in [-0.2, 0) is 4.79 Å². The molecule has 0 aliphatic carbocycles. The lowest BCUT2D eigenvalue weighted by atomic mass is 9.98. The number of esters is 1. The van der Waals surface area contributed by atoms with Gasteiger partial charge in [-0.25, -0.2) is 0 Å². The highest BCUT2D eigenvalue weighted by atomic mass is 16.5. The SMILES string of the molecule is CC(C)C(=O)Oc1ccccc1C(=O)c1ccccc1C=O. The van der Waals surface area contributed by atoms with Crippen LogP contribution in [-0.4, -0.2) is 18.0 Å². The number of para-hydroxylation sites is 1. The third-order valence-electron chi connectivity index (χ3n) is 3.15. The van der Waals surface area contributed by atoms with Crippen molar-refractivity contribution in [1.29, 1.82) is 0 Å². The topological polar surface area (TPSA) is 60.4 Å². The molecule has 2 aromatic rings. The zero-order chi connectivity index (χ0) is 16.1. The van der Waals surface area contributed by atoms with Crippen molar-refractivity contribution in [2.45, 2.75) is 13.8 Å². The molecule has 0 radical (unpaired) electrons. The minimum atomic E-state index is -0.413. The van der Waals surface area contributed by atoms with Crippen molar-refractivity contribution in [2.24, 2.45) is 5.92 Å². The summed E-state index contributed by atoms with van der Waals surface area (Å²) in [7, 11) is 0. The Morgan fingerprint density at radius 2 is 1.55 bits per heavy atom. The van der Waals surface area contributed by atoms with E-state index in [1.807, 2.05) is 0 Å². The Labute approximate surface area is 128 Å². The van der Waals surface area contributed by atoms with Gasteiger partial charge in [0.15, 0.2) is 12.1 Å². The fourth-order valence-electron chi connectivity index (χ4n) is 1.92. The minimum absolute atomic E-state index is 0.201. The molecule has 2 aromatic carbocycles. The molecule has 0 amide bonds. The second-order valence-corrected chi connectivity index (χ2v) is 5.11. The lowest BCUT2D eigenvalue weighted by molar-refractivity contribution is -0.137. The Bertz CT molecular complexity index is 717. The maximum Gasteiger partial charge on any atom is 0.313 e. The van der Waals surface area contributed by atoms with Crippen molar-refractivity contribution in [2.75, 3.05) is 0 Å². The van der Waals surface area contributed by atoms with Crippen molar-refractivity contribution in [3.63, 3.8) is 0 Å². The van der Waals surface area contributed by atoms with Gasteiger partial charge in [-0.05, 0) is 12.1 Å². The number of ether oxygens (including phenoxy) is 1. The van der Waals surface area contributed by atoms with Crippen LogP contribution in [0.4, 0.5) is 0 Å². The third-order valence-corrected chi connectivity index (χ3v) is 3.15. The van der Waals surface area contributed by atoms with E-state index < -0.39 is 5.97 Å². The first-order chi connectivity index (χ1) is 10.5. The molecule has 0 aromatic heterocycles. The maximum atomic E-state index is 12.6. The number of ketones is 1. The van der Waals surface area contributed by atoms with Gasteiger partial charge in [-0.3, -0.25) is 14.4 Å². The van der Waals surface area contributed by atoms with E-state index >= 15 is 0 Å². The molecule has 0 aliphatic heterocycles. The number of carbonyl (C=O) groups excluding carboxylic acids is 3. The van der Waals surface area contributed by atoms with Gasteiger partial charge in [0.25, 0.3) is 0 Å². The predicted molar refractivity (Wildman–Crippen MR) is 82.2 cm³/mol. The molecule has 0 heterocycles. The average Bonchev–Trinajstić information content (AvgIpc) is 2.54. The van der Waals surface area contributed by atoms with E-state index in [0.29, 0.717) is 11.8 Å². The molecular formula is C18H16O4. The van der Waals surface area contributed by atoms with E-state index in [4.69, 9.17) is 4.74 Å². The van der Waals surface area contributed by atoms with Crippen LogP contribution in [0.3, 0.4) is 0 Å². The first-order valence-corrected chi connectivity index (χ1v) is 6.94. The van der Waals surface area contributed by atoms with Crippen molar-refractivity contribution >= 4 is 18.0 Å². The van der Waals surface area contributed by atoms with Gasteiger partial charge in [-0.2, -0.15) is 0 Å². The normalized spacial score (nSPS) is 10.3. The summed E-state index contributed by atoms with van der Waals surface area (Å²) in [5.74, 6) is -0.865. The summed E-state index contributed by atoms with van der Waals surface area (Å²) in [6.45, 7) is 3.43. The molecule has 2 rings (SSSR count). The van der Waals surface area contributed by atoms with Gasteiger partial charge in [0.1, 0.15) is 5.75 Å². The number of benzene rings is 2. The summed E-state index contributed by atoms with van der Waals surface area (Å²) in [6, 6.07) is 13.0. The fraction of sp³-hybridized carbons (Fsp3) is 0.167. The molecule has 0 saturated heterocycles. The van der Waals surface area contributed by atoms with Gasteiger partial charge >= 0.3 is 5.97 Å². The predicted octanol–water partition coefficient (Wildman–Crippen LogP) is 3.29. The van der Waals surface area contributed by atoms with Crippen LogP contribution in [0, 0.1) is 5.92 Å². The van der Waals surface area contributed by atoms with Crippen LogP contribution in [0.15, 0.2) is 48.5 Å². The standard InChI is InChI=1S/C18H16O4/c1-12(2)18(21)22-16-10-6-5-9-15(16)17(20)14-8-4-3-7-13(14)11-19/h3-12H,1-2H3. The number of carbonyl (C=O) groups is 3. The molecule has 0 bridgehead atoms. The van der Waals surface area contributed by atoms with E-state index in [2.05, 4.69) is 0 Å². The summed E-state index contributed by atoms with van der Waals surface area (Å²) >= 11 is 0. The van der Waals surface area contributed by atoms with E-state index in [9.17, 15) is 14.4 Å². The summed E-state index contributed by atoms with van der Waals surface area (Å²) in [4.78, 5) is 35.5. The molecule has 0 saturated carbocycles. The van der Waals surface area contributed by atoms with Crippen molar-refractivity contribution in [3.05, 3.63) is 65.2 Å². The van der Waals surface area contributed by atoms with E-state index in [-0.39, 0.29) is 28.6 Å². The molecule has 0 N–H and O–H groups in total. The largest absolute Gasteiger partial charge is 0.426 e. The van der Waals surface area contributed by atoms with E-state index in [1.165, 1.54) is 0 Å². The quantitative estimate of drug-likeness (QED) is 0.367. The van der Waals surface area contributed by atoms with Gasteiger partial charge in [0.2, 0.25) is 0 Å². The van der Waals surface area contributed by atoms with Crippen molar-refractivity contribution in [1.82, 2.24) is 0 Å². The number of hydrogen-bond acceptors (Lipinski definition) is 4. The lowest BCUT2D eigenvalue weighted by Crippen LogP contribution is -2.17. The summed E-state index contributed by atoms with van der Waals surface area (Å²) in [5, 5.41) is 0. The fourth-order valence-corrected chi connectivity index (χ4v) is 1.92. The highest BCUT2D eigenvalue weighted by Gasteiger charge is 2.19. The van der Waals surface area contributed by atoms with E-state index in [0.717, 1.165) is 0 Å². The average molecular weight is 296 g/mol. The summed E-state index contributed by atoms with van der Waals surface area (Å²) in [5.41, 5.74) is 0.842.